The maximum atomic E-state index is 13.2. The lowest BCUT2D eigenvalue weighted by Gasteiger charge is -2.02. The maximum Gasteiger partial charge on any atom is 0.158 e. The van der Waals surface area contributed by atoms with E-state index in [0.29, 0.717) is 5.56 Å². The molecule has 4 heteroatoms. The first-order valence-corrected chi connectivity index (χ1v) is 5.78. The van der Waals surface area contributed by atoms with E-state index in [2.05, 4.69) is 17.0 Å². The van der Waals surface area contributed by atoms with Crippen LogP contribution in [0.15, 0.2) is 18.2 Å². The molecule has 0 aliphatic heterocycles. The van der Waals surface area contributed by atoms with E-state index < -0.39 is 0 Å². The van der Waals surface area contributed by atoms with Gasteiger partial charge < -0.3 is 0 Å². The summed E-state index contributed by atoms with van der Waals surface area (Å²) in [4.78, 5) is 4.47. The Hall–Kier alpha value is -1.71. The Morgan fingerprint density at radius 3 is 2.76 bits per heavy atom. The summed E-state index contributed by atoms with van der Waals surface area (Å²) >= 11 is 0. The summed E-state index contributed by atoms with van der Waals surface area (Å²) < 4.78 is 14.9. The van der Waals surface area contributed by atoms with Crippen molar-refractivity contribution in [1.29, 1.82) is 0 Å². The zero-order valence-electron chi connectivity index (χ0n) is 10.4. The van der Waals surface area contributed by atoms with Gasteiger partial charge in [0.25, 0.3) is 0 Å². The van der Waals surface area contributed by atoms with E-state index in [1.54, 1.807) is 23.7 Å². The van der Waals surface area contributed by atoms with Crippen molar-refractivity contribution in [3.63, 3.8) is 0 Å². The van der Waals surface area contributed by atoms with E-state index in [4.69, 9.17) is 0 Å². The summed E-state index contributed by atoms with van der Waals surface area (Å²) in [6.45, 7) is 3.85. The number of rotatable bonds is 3. The molecule has 17 heavy (non-hydrogen) atoms. The Kier molecular flexibility index (Phi) is 3.22. The fourth-order valence-corrected chi connectivity index (χ4v) is 1.80. The first-order chi connectivity index (χ1) is 8.11. The fourth-order valence-electron chi connectivity index (χ4n) is 1.80. The summed E-state index contributed by atoms with van der Waals surface area (Å²) in [5, 5.41) is 4.34. The summed E-state index contributed by atoms with van der Waals surface area (Å²) in [5.74, 6) is 1.44. The standard InChI is InChI=1S/C13H16FN3/c1-4-5-12-15-13(17(3)16-12)10-6-7-11(14)9(2)8-10/h6-8H,4-5H2,1-3H3. The molecule has 0 spiro atoms. The van der Waals surface area contributed by atoms with Crippen molar-refractivity contribution in [3.05, 3.63) is 35.4 Å². The SMILES string of the molecule is CCCc1nc(-c2ccc(F)c(C)c2)n(C)n1. The van der Waals surface area contributed by atoms with Crippen molar-refractivity contribution in [2.24, 2.45) is 7.05 Å². The largest absolute Gasteiger partial charge is 0.249 e. The van der Waals surface area contributed by atoms with Crippen LogP contribution in [0.4, 0.5) is 4.39 Å². The van der Waals surface area contributed by atoms with Crippen LogP contribution in [0, 0.1) is 12.7 Å². The van der Waals surface area contributed by atoms with Gasteiger partial charge in [-0.05, 0) is 37.1 Å². The lowest BCUT2D eigenvalue weighted by Crippen LogP contribution is -1.95. The number of benzene rings is 1. The van der Waals surface area contributed by atoms with Crippen molar-refractivity contribution >= 4 is 0 Å². The van der Waals surface area contributed by atoms with E-state index in [0.717, 1.165) is 30.1 Å². The minimum Gasteiger partial charge on any atom is -0.249 e. The second-order valence-corrected chi connectivity index (χ2v) is 4.19. The summed E-state index contributed by atoms with van der Waals surface area (Å²) in [6, 6.07) is 5.01. The third-order valence-electron chi connectivity index (χ3n) is 2.70. The molecule has 2 aromatic rings. The van der Waals surface area contributed by atoms with Gasteiger partial charge in [0.05, 0.1) is 0 Å². The van der Waals surface area contributed by atoms with Crippen LogP contribution >= 0.6 is 0 Å². The van der Waals surface area contributed by atoms with Gasteiger partial charge in [-0.25, -0.2) is 14.1 Å². The lowest BCUT2D eigenvalue weighted by molar-refractivity contribution is 0.618. The van der Waals surface area contributed by atoms with Gasteiger partial charge in [-0.15, -0.1) is 0 Å². The van der Waals surface area contributed by atoms with E-state index in [9.17, 15) is 4.39 Å². The average molecular weight is 233 g/mol. The molecule has 0 saturated heterocycles. The van der Waals surface area contributed by atoms with Gasteiger partial charge >= 0.3 is 0 Å². The monoisotopic (exact) mass is 233 g/mol. The van der Waals surface area contributed by atoms with Crippen LogP contribution in [0.5, 0.6) is 0 Å². The topological polar surface area (TPSA) is 30.7 Å². The van der Waals surface area contributed by atoms with E-state index in [1.165, 1.54) is 6.07 Å². The predicted molar refractivity (Wildman–Crippen MR) is 65.1 cm³/mol. The smallest absolute Gasteiger partial charge is 0.158 e. The Morgan fingerprint density at radius 2 is 2.12 bits per heavy atom. The Labute approximate surface area is 100 Å². The predicted octanol–water partition coefficient (Wildman–Crippen LogP) is 2.88. The molecule has 0 amide bonds. The highest BCUT2D eigenvalue weighted by Crippen LogP contribution is 2.20. The van der Waals surface area contributed by atoms with Gasteiger partial charge in [0.15, 0.2) is 11.6 Å². The quantitative estimate of drug-likeness (QED) is 0.816. The second-order valence-electron chi connectivity index (χ2n) is 4.19. The highest BCUT2D eigenvalue weighted by Gasteiger charge is 2.10. The molecule has 1 aromatic heterocycles. The van der Waals surface area contributed by atoms with Crippen LogP contribution in [-0.2, 0) is 13.5 Å². The van der Waals surface area contributed by atoms with E-state index in [1.807, 2.05) is 7.05 Å². The maximum absolute atomic E-state index is 13.2. The Morgan fingerprint density at radius 1 is 1.35 bits per heavy atom. The van der Waals surface area contributed by atoms with Crippen LogP contribution in [0.1, 0.15) is 24.7 Å². The van der Waals surface area contributed by atoms with E-state index >= 15 is 0 Å². The Bertz CT molecular complexity index is 531. The molecule has 0 atom stereocenters. The number of aryl methyl sites for hydroxylation is 3. The van der Waals surface area contributed by atoms with E-state index in [-0.39, 0.29) is 5.82 Å². The zero-order chi connectivity index (χ0) is 12.4. The van der Waals surface area contributed by atoms with Gasteiger partial charge in [-0.3, -0.25) is 0 Å². The zero-order valence-corrected chi connectivity index (χ0v) is 10.4. The summed E-state index contributed by atoms with van der Waals surface area (Å²) in [6.07, 6.45) is 1.89. The first kappa shape index (κ1) is 11.8. The third kappa shape index (κ3) is 2.35. The van der Waals surface area contributed by atoms with Gasteiger partial charge in [0, 0.05) is 19.0 Å². The number of halogens is 1. The number of hydrogen-bond acceptors (Lipinski definition) is 2. The first-order valence-electron chi connectivity index (χ1n) is 5.78. The molecule has 0 aliphatic carbocycles. The number of hydrogen-bond donors (Lipinski definition) is 0. The van der Waals surface area contributed by atoms with Crippen molar-refractivity contribution in [2.45, 2.75) is 26.7 Å². The van der Waals surface area contributed by atoms with Crippen molar-refractivity contribution < 1.29 is 4.39 Å². The fraction of sp³-hybridized carbons (Fsp3) is 0.385. The highest BCUT2D eigenvalue weighted by molar-refractivity contribution is 5.56. The van der Waals surface area contributed by atoms with Crippen molar-refractivity contribution in [2.75, 3.05) is 0 Å². The minimum atomic E-state index is -0.190. The van der Waals surface area contributed by atoms with Gasteiger partial charge in [0.1, 0.15) is 5.82 Å². The molecule has 1 heterocycles. The average Bonchev–Trinajstić information content (AvgIpc) is 2.64. The Balaban J connectivity index is 2.41. The molecule has 90 valence electrons. The van der Waals surface area contributed by atoms with Gasteiger partial charge in [-0.2, -0.15) is 5.10 Å². The molecule has 2 rings (SSSR count). The van der Waals surface area contributed by atoms with Crippen LogP contribution in [0.25, 0.3) is 11.4 Å². The summed E-state index contributed by atoms with van der Waals surface area (Å²) in [5.41, 5.74) is 1.53. The van der Waals surface area contributed by atoms with Crippen LogP contribution < -0.4 is 0 Å². The van der Waals surface area contributed by atoms with Crippen LogP contribution in [0.2, 0.25) is 0 Å². The molecule has 3 nitrogen and oxygen atoms in total. The molecule has 0 N–H and O–H groups in total. The molecule has 1 aromatic carbocycles. The third-order valence-corrected chi connectivity index (χ3v) is 2.70. The van der Waals surface area contributed by atoms with Crippen molar-refractivity contribution in [3.8, 4) is 11.4 Å². The molecule has 0 saturated carbocycles. The number of aromatic nitrogens is 3. The summed E-state index contributed by atoms with van der Waals surface area (Å²) in [7, 11) is 1.86. The van der Waals surface area contributed by atoms with Gasteiger partial charge in [0.2, 0.25) is 0 Å². The molecule has 0 aliphatic rings. The van der Waals surface area contributed by atoms with Crippen molar-refractivity contribution in [1.82, 2.24) is 14.8 Å². The molecule has 0 radical (unpaired) electrons. The second kappa shape index (κ2) is 4.65. The minimum absolute atomic E-state index is 0.190. The molecule has 0 unspecified atom stereocenters. The molecule has 0 bridgehead atoms. The normalized spacial score (nSPS) is 10.8. The highest BCUT2D eigenvalue weighted by atomic mass is 19.1. The van der Waals surface area contributed by atoms with Crippen LogP contribution in [-0.4, -0.2) is 14.8 Å². The molecule has 0 fully saturated rings. The number of nitrogens with zero attached hydrogens (tertiary/aromatic N) is 3. The lowest BCUT2D eigenvalue weighted by atomic mass is 10.1. The molecular formula is C13H16FN3. The van der Waals surface area contributed by atoms with Gasteiger partial charge in [-0.1, -0.05) is 6.92 Å². The van der Waals surface area contributed by atoms with Crippen LogP contribution in [0.3, 0.4) is 0 Å². The molecular weight excluding hydrogens is 217 g/mol.